The van der Waals surface area contributed by atoms with Crippen LogP contribution in [0.5, 0.6) is 0 Å². The molecule has 1 amide bonds. The van der Waals surface area contributed by atoms with Crippen molar-refractivity contribution in [2.45, 2.75) is 52.0 Å². The second-order valence-electron chi connectivity index (χ2n) is 7.08. The minimum absolute atomic E-state index is 0.223. The third-order valence-electron chi connectivity index (χ3n) is 5.03. The highest BCUT2D eigenvalue weighted by molar-refractivity contribution is 5.76. The zero-order valence-corrected chi connectivity index (χ0v) is 13.7. The quantitative estimate of drug-likeness (QED) is 0.621. The van der Waals surface area contributed by atoms with E-state index in [1.54, 1.807) is 0 Å². The van der Waals surface area contributed by atoms with Crippen LogP contribution in [0, 0.1) is 17.8 Å². The monoisotopic (exact) mass is 301 g/mol. The number of hydrogen-bond acceptors (Lipinski definition) is 2. The van der Waals surface area contributed by atoms with Gasteiger partial charge in [0, 0.05) is 37.8 Å². The van der Waals surface area contributed by atoms with Gasteiger partial charge in [-0.3, -0.25) is 4.79 Å². The maximum atomic E-state index is 12.1. The zero-order chi connectivity index (χ0) is 15.5. The highest BCUT2D eigenvalue weighted by Crippen LogP contribution is 2.44. The summed E-state index contributed by atoms with van der Waals surface area (Å²) in [6.07, 6.45) is 12.7. The molecule has 2 bridgehead atoms. The molecule has 1 aromatic heterocycles. The Labute approximate surface area is 133 Å². The van der Waals surface area contributed by atoms with E-state index in [9.17, 15) is 4.79 Å². The summed E-state index contributed by atoms with van der Waals surface area (Å²) in [5.41, 5.74) is 0. The summed E-state index contributed by atoms with van der Waals surface area (Å²) in [6.45, 7) is 5.99. The van der Waals surface area contributed by atoms with E-state index in [0.29, 0.717) is 24.2 Å². The molecule has 4 heteroatoms. The number of fused-ring (bicyclic) bond motifs is 2. The topological polar surface area (TPSA) is 46.9 Å². The normalized spacial score (nSPS) is 26.0. The zero-order valence-electron chi connectivity index (χ0n) is 13.7. The van der Waals surface area contributed by atoms with Gasteiger partial charge in [-0.1, -0.05) is 26.0 Å². The fourth-order valence-corrected chi connectivity index (χ4v) is 3.93. The number of hydrogen-bond donors (Lipinski definition) is 1. The Morgan fingerprint density at radius 1 is 1.41 bits per heavy atom. The van der Waals surface area contributed by atoms with E-state index in [2.05, 4.69) is 40.9 Å². The molecule has 0 radical (unpaired) electrons. The Balaban J connectivity index is 1.35. The molecule has 0 aliphatic heterocycles. The first-order chi connectivity index (χ1) is 10.6. The molecule has 22 heavy (non-hydrogen) atoms. The van der Waals surface area contributed by atoms with Crippen LogP contribution in [0.4, 0.5) is 0 Å². The Morgan fingerprint density at radius 3 is 2.95 bits per heavy atom. The molecule has 2 aliphatic carbocycles. The number of rotatable bonds is 7. The molecule has 120 valence electrons. The first kappa shape index (κ1) is 15.3. The van der Waals surface area contributed by atoms with Crippen LogP contribution in [0.15, 0.2) is 24.5 Å². The Bertz CT molecular complexity index is 546. The predicted octanol–water partition coefficient (Wildman–Crippen LogP) is 3.12. The van der Waals surface area contributed by atoms with Crippen molar-refractivity contribution >= 4 is 5.91 Å². The van der Waals surface area contributed by atoms with E-state index in [1.165, 1.54) is 12.8 Å². The van der Waals surface area contributed by atoms with E-state index in [0.717, 1.165) is 31.3 Å². The van der Waals surface area contributed by atoms with Gasteiger partial charge in [0.1, 0.15) is 5.82 Å². The minimum Gasteiger partial charge on any atom is -0.356 e. The van der Waals surface area contributed by atoms with Gasteiger partial charge in [0.25, 0.3) is 0 Å². The maximum Gasteiger partial charge on any atom is 0.220 e. The van der Waals surface area contributed by atoms with Crippen LogP contribution in [0.3, 0.4) is 0 Å². The van der Waals surface area contributed by atoms with E-state index in [4.69, 9.17) is 0 Å². The molecule has 3 rings (SSSR count). The van der Waals surface area contributed by atoms with Crippen molar-refractivity contribution in [3.63, 3.8) is 0 Å². The number of amides is 1. The van der Waals surface area contributed by atoms with Crippen LogP contribution >= 0.6 is 0 Å². The van der Waals surface area contributed by atoms with Crippen LogP contribution in [0.2, 0.25) is 0 Å². The molecule has 1 fully saturated rings. The molecule has 0 spiro atoms. The van der Waals surface area contributed by atoms with E-state index >= 15 is 0 Å². The second kappa shape index (κ2) is 6.67. The average Bonchev–Trinajstić information content (AvgIpc) is 3.19. The van der Waals surface area contributed by atoms with E-state index < -0.39 is 0 Å². The third kappa shape index (κ3) is 3.42. The van der Waals surface area contributed by atoms with Crippen LogP contribution in [-0.2, 0) is 11.3 Å². The lowest BCUT2D eigenvalue weighted by molar-refractivity contribution is -0.122. The number of aryl methyl sites for hydroxylation is 1. The predicted molar refractivity (Wildman–Crippen MR) is 87.4 cm³/mol. The first-order valence-corrected chi connectivity index (χ1v) is 8.59. The largest absolute Gasteiger partial charge is 0.356 e. The summed E-state index contributed by atoms with van der Waals surface area (Å²) >= 11 is 0. The molecule has 3 atom stereocenters. The summed E-state index contributed by atoms with van der Waals surface area (Å²) in [5.74, 6) is 3.78. The van der Waals surface area contributed by atoms with Gasteiger partial charge in [0.2, 0.25) is 5.91 Å². The molecule has 4 nitrogen and oxygen atoms in total. The standard InChI is InChI=1S/C18H27N3O/c1-13(2)18-20-7-9-21(18)8-3-6-19-17(22)12-16-11-14-4-5-15(16)10-14/h4-5,7,9,13-16H,3,6,8,10-12H2,1-2H3,(H,19,22)/t14-,15+,16+/m1/s1. The molecular formula is C18H27N3O. The number of carbonyl (C=O) groups excluding carboxylic acids is 1. The Hall–Kier alpha value is -1.58. The first-order valence-electron chi connectivity index (χ1n) is 8.59. The van der Waals surface area contributed by atoms with Gasteiger partial charge in [-0.15, -0.1) is 0 Å². The summed E-state index contributed by atoms with van der Waals surface area (Å²) in [7, 11) is 0. The number of allylic oxidation sites excluding steroid dienone is 2. The van der Waals surface area contributed by atoms with Crippen molar-refractivity contribution in [1.82, 2.24) is 14.9 Å². The van der Waals surface area contributed by atoms with Gasteiger partial charge < -0.3 is 9.88 Å². The van der Waals surface area contributed by atoms with E-state index in [-0.39, 0.29) is 5.91 Å². The van der Waals surface area contributed by atoms with Gasteiger partial charge in [0.05, 0.1) is 0 Å². The summed E-state index contributed by atoms with van der Waals surface area (Å²) in [5, 5.41) is 3.08. The highest BCUT2D eigenvalue weighted by atomic mass is 16.1. The second-order valence-corrected chi connectivity index (χ2v) is 7.08. The van der Waals surface area contributed by atoms with Gasteiger partial charge in [-0.25, -0.2) is 4.98 Å². The smallest absolute Gasteiger partial charge is 0.220 e. The van der Waals surface area contributed by atoms with Gasteiger partial charge in [-0.2, -0.15) is 0 Å². The van der Waals surface area contributed by atoms with Crippen molar-refractivity contribution in [2.24, 2.45) is 17.8 Å². The van der Waals surface area contributed by atoms with Gasteiger partial charge in [0.15, 0.2) is 0 Å². The number of carbonyl (C=O) groups is 1. The van der Waals surface area contributed by atoms with Crippen molar-refractivity contribution in [3.8, 4) is 0 Å². The Kier molecular flexibility index (Phi) is 4.65. The molecule has 0 saturated heterocycles. The molecular weight excluding hydrogens is 274 g/mol. The minimum atomic E-state index is 0.223. The molecule has 1 heterocycles. The van der Waals surface area contributed by atoms with Crippen molar-refractivity contribution < 1.29 is 4.79 Å². The number of nitrogens with one attached hydrogen (secondary N) is 1. The summed E-state index contributed by atoms with van der Waals surface area (Å²) in [6, 6.07) is 0. The average molecular weight is 301 g/mol. The SMILES string of the molecule is CC(C)c1nccn1CCCNC(=O)C[C@@H]1C[C@@H]2C=C[C@H]1C2. The maximum absolute atomic E-state index is 12.1. The number of nitrogens with zero attached hydrogens (tertiary/aromatic N) is 2. The lowest BCUT2D eigenvalue weighted by Crippen LogP contribution is -2.28. The lowest BCUT2D eigenvalue weighted by atomic mass is 9.90. The number of imidazole rings is 1. The third-order valence-corrected chi connectivity index (χ3v) is 5.03. The van der Waals surface area contributed by atoms with E-state index in [1.807, 2.05) is 12.4 Å². The van der Waals surface area contributed by atoms with Gasteiger partial charge >= 0.3 is 0 Å². The highest BCUT2D eigenvalue weighted by Gasteiger charge is 2.36. The van der Waals surface area contributed by atoms with Crippen molar-refractivity contribution in [3.05, 3.63) is 30.4 Å². The molecule has 0 unspecified atom stereocenters. The summed E-state index contributed by atoms with van der Waals surface area (Å²) < 4.78 is 2.19. The molecule has 0 aromatic carbocycles. The van der Waals surface area contributed by atoms with Gasteiger partial charge in [-0.05, 0) is 37.0 Å². The number of aromatic nitrogens is 2. The van der Waals surface area contributed by atoms with Crippen LogP contribution in [-0.4, -0.2) is 22.0 Å². The molecule has 1 N–H and O–H groups in total. The van der Waals surface area contributed by atoms with Crippen molar-refractivity contribution in [2.75, 3.05) is 6.54 Å². The summed E-state index contributed by atoms with van der Waals surface area (Å²) in [4.78, 5) is 16.4. The molecule has 2 aliphatic rings. The van der Waals surface area contributed by atoms with Crippen LogP contribution in [0.1, 0.15) is 51.3 Å². The van der Waals surface area contributed by atoms with Crippen LogP contribution in [0.25, 0.3) is 0 Å². The molecule has 1 aromatic rings. The van der Waals surface area contributed by atoms with Crippen molar-refractivity contribution in [1.29, 1.82) is 0 Å². The fourth-order valence-electron chi connectivity index (χ4n) is 3.93. The lowest BCUT2D eigenvalue weighted by Gasteiger charge is -2.17. The molecule has 1 saturated carbocycles. The Morgan fingerprint density at radius 2 is 2.27 bits per heavy atom. The van der Waals surface area contributed by atoms with Crippen LogP contribution < -0.4 is 5.32 Å². The fraction of sp³-hybridized carbons (Fsp3) is 0.667.